The minimum absolute atomic E-state index is 0.129. The Bertz CT molecular complexity index is 540. The molecule has 0 unspecified atom stereocenters. The van der Waals surface area contributed by atoms with Crippen LogP contribution < -0.4 is 0 Å². The summed E-state index contributed by atoms with van der Waals surface area (Å²) in [6.45, 7) is 6.11. The van der Waals surface area contributed by atoms with Crippen LogP contribution in [0.4, 0.5) is 0 Å². The minimum atomic E-state index is -1.48. The number of aryl methyl sites for hydroxylation is 2. The molecular weight excluding hydrogens is 274 g/mol. The fourth-order valence-corrected chi connectivity index (χ4v) is 2.56. The summed E-state index contributed by atoms with van der Waals surface area (Å²) in [6, 6.07) is 1.71. The van der Waals surface area contributed by atoms with Gasteiger partial charge in [-0.15, -0.1) is 0 Å². The molecule has 21 heavy (non-hydrogen) atoms. The molecule has 0 bridgehead atoms. The zero-order chi connectivity index (χ0) is 15.6. The smallest absolute Gasteiger partial charge is 0.338 e. The molecule has 1 N–H and O–H groups in total. The van der Waals surface area contributed by atoms with Gasteiger partial charge in [0, 0.05) is 25.9 Å². The monoisotopic (exact) mass is 295 g/mol. The third kappa shape index (κ3) is 3.10. The molecule has 1 aromatic rings. The number of carbonyl (C=O) groups is 2. The first-order valence-electron chi connectivity index (χ1n) is 7.13. The third-order valence-electron chi connectivity index (χ3n) is 3.80. The van der Waals surface area contributed by atoms with Crippen molar-refractivity contribution in [1.29, 1.82) is 0 Å². The first-order valence-corrected chi connectivity index (χ1v) is 7.13. The van der Waals surface area contributed by atoms with Crippen molar-refractivity contribution < 1.29 is 23.8 Å². The van der Waals surface area contributed by atoms with Gasteiger partial charge in [-0.2, -0.15) is 0 Å². The quantitative estimate of drug-likeness (QED) is 0.853. The van der Waals surface area contributed by atoms with Gasteiger partial charge in [-0.3, -0.25) is 4.79 Å². The Morgan fingerprint density at radius 3 is 2.48 bits per heavy atom. The first kappa shape index (κ1) is 15.6. The van der Waals surface area contributed by atoms with Gasteiger partial charge in [0.2, 0.25) is 0 Å². The van der Waals surface area contributed by atoms with Gasteiger partial charge in [0.05, 0.1) is 12.2 Å². The van der Waals surface area contributed by atoms with Gasteiger partial charge in [0.1, 0.15) is 11.5 Å². The van der Waals surface area contributed by atoms with Crippen molar-refractivity contribution in [3.8, 4) is 0 Å². The average Bonchev–Trinajstić information content (AvgIpc) is 2.78. The van der Waals surface area contributed by atoms with Crippen molar-refractivity contribution in [2.24, 2.45) is 0 Å². The topological polar surface area (TPSA) is 80.0 Å². The van der Waals surface area contributed by atoms with Crippen molar-refractivity contribution in [3.05, 3.63) is 23.2 Å². The summed E-state index contributed by atoms with van der Waals surface area (Å²) in [7, 11) is 0. The van der Waals surface area contributed by atoms with Crippen LogP contribution in [0, 0.1) is 13.8 Å². The molecule has 0 aromatic carbocycles. The molecule has 0 saturated carbocycles. The van der Waals surface area contributed by atoms with Crippen LogP contribution in [-0.2, 0) is 9.53 Å². The second-order valence-electron chi connectivity index (χ2n) is 5.37. The van der Waals surface area contributed by atoms with Gasteiger partial charge in [-0.1, -0.05) is 0 Å². The summed E-state index contributed by atoms with van der Waals surface area (Å²) < 4.78 is 10.2. The van der Waals surface area contributed by atoms with Gasteiger partial charge in [-0.25, -0.2) is 4.79 Å². The van der Waals surface area contributed by atoms with E-state index in [1.807, 2.05) is 0 Å². The predicted molar refractivity (Wildman–Crippen MR) is 74.9 cm³/mol. The van der Waals surface area contributed by atoms with E-state index in [2.05, 4.69) is 0 Å². The number of esters is 1. The Kier molecular flexibility index (Phi) is 4.37. The zero-order valence-electron chi connectivity index (χ0n) is 12.6. The van der Waals surface area contributed by atoms with Crippen LogP contribution in [-0.4, -0.2) is 47.2 Å². The van der Waals surface area contributed by atoms with Crippen molar-refractivity contribution in [2.75, 3.05) is 19.7 Å². The molecule has 1 saturated heterocycles. The maximum absolute atomic E-state index is 12.4. The highest BCUT2D eigenvalue weighted by molar-refractivity contribution is 5.95. The highest BCUT2D eigenvalue weighted by Gasteiger charge is 2.42. The summed E-state index contributed by atoms with van der Waals surface area (Å²) in [5.74, 6) is 0.544. The number of furan rings is 1. The molecule has 6 nitrogen and oxygen atoms in total. The van der Waals surface area contributed by atoms with E-state index < -0.39 is 11.6 Å². The van der Waals surface area contributed by atoms with E-state index in [-0.39, 0.29) is 25.4 Å². The van der Waals surface area contributed by atoms with E-state index in [0.717, 1.165) is 0 Å². The third-order valence-corrected chi connectivity index (χ3v) is 3.80. The Morgan fingerprint density at radius 2 is 2.00 bits per heavy atom. The Morgan fingerprint density at radius 1 is 1.38 bits per heavy atom. The summed E-state index contributed by atoms with van der Waals surface area (Å²) in [5.41, 5.74) is -0.942. The SMILES string of the molecule is CCOC(=O)C1(O)CCN(C(=O)c2cc(C)oc2C)CC1. The highest BCUT2D eigenvalue weighted by atomic mass is 16.5. The molecule has 0 spiro atoms. The van der Waals surface area contributed by atoms with Crippen LogP contribution in [0.3, 0.4) is 0 Å². The van der Waals surface area contributed by atoms with Crippen LogP contribution in [0.25, 0.3) is 0 Å². The first-order chi connectivity index (χ1) is 9.87. The summed E-state index contributed by atoms with van der Waals surface area (Å²) in [4.78, 5) is 25.8. The van der Waals surface area contributed by atoms with E-state index in [9.17, 15) is 14.7 Å². The maximum atomic E-state index is 12.4. The molecule has 1 fully saturated rings. The van der Waals surface area contributed by atoms with Gasteiger partial charge in [-0.05, 0) is 26.8 Å². The number of ether oxygens (including phenoxy) is 1. The number of hydrogen-bond donors (Lipinski definition) is 1. The van der Waals surface area contributed by atoms with Crippen molar-refractivity contribution in [1.82, 2.24) is 4.90 Å². The molecule has 0 atom stereocenters. The van der Waals surface area contributed by atoms with E-state index in [1.54, 1.807) is 31.7 Å². The molecule has 6 heteroatoms. The van der Waals surface area contributed by atoms with Gasteiger partial charge in [0.15, 0.2) is 5.60 Å². The number of amides is 1. The number of aliphatic hydroxyl groups is 1. The van der Waals surface area contributed by atoms with Crippen LogP contribution >= 0.6 is 0 Å². The fourth-order valence-electron chi connectivity index (χ4n) is 2.56. The lowest BCUT2D eigenvalue weighted by Crippen LogP contribution is -2.51. The largest absolute Gasteiger partial charge is 0.466 e. The van der Waals surface area contributed by atoms with Crippen LogP contribution in [0.1, 0.15) is 41.6 Å². The lowest BCUT2D eigenvalue weighted by molar-refractivity contribution is -0.169. The second-order valence-corrected chi connectivity index (χ2v) is 5.37. The normalized spacial score (nSPS) is 17.6. The Labute approximate surface area is 123 Å². The summed E-state index contributed by atoms with van der Waals surface area (Å²) >= 11 is 0. The van der Waals surface area contributed by atoms with Gasteiger partial charge < -0.3 is 19.2 Å². The molecule has 1 amide bonds. The molecule has 2 heterocycles. The Balaban J connectivity index is 2.02. The zero-order valence-corrected chi connectivity index (χ0v) is 12.6. The van der Waals surface area contributed by atoms with Crippen LogP contribution in [0.5, 0.6) is 0 Å². The lowest BCUT2D eigenvalue weighted by atomic mass is 9.91. The second kappa shape index (κ2) is 5.89. The number of rotatable bonds is 3. The number of nitrogens with zero attached hydrogens (tertiary/aromatic N) is 1. The number of likely N-dealkylation sites (tertiary alicyclic amines) is 1. The predicted octanol–water partition coefficient (Wildman–Crippen LogP) is 1.43. The van der Waals surface area contributed by atoms with E-state index in [1.165, 1.54) is 0 Å². The van der Waals surface area contributed by atoms with Crippen molar-refractivity contribution in [3.63, 3.8) is 0 Å². The molecule has 1 aromatic heterocycles. The highest BCUT2D eigenvalue weighted by Crippen LogP contribution is 2.26. The van der Waals surface area contributed by atoms with Crippen LogP contribution in [0.15, 0.2) is 10.5 Å². The van der Waals surface area contributed by atoms with Crippen molar-refractivity contribution in [2.45, 2.75) is 39.2 Å². The number of carbonyl (C=O) groups excluding carboxylic acids is 2. The number of piperidine rings is 1. The van der Waals surface area contributed by atoms with E-state index in [4.69, 9.17) is 9.15 Å². The van der Waals surface area contributed by atoms with Gasteiger partial charge in [0.25, 0.3) is 5.91 Å². The fraction of sp³-hybridized carbons (Fsp3) is 0.600. The molecule has 2 rings (SSSR count). The van der Waals surface area contributed by atoms with E-state index in [0.29, 0.717) is 30.2 Å². The molecular formula is C15H21NO5. The summed E-state index contributed by atoms with van der Waals surface area (Å²) in [6.07, 6.45) is 0.376. The van der Waals surface area contributed by atoms with Gasteiger partial charge >= 0.3 is 5.97 Å². The lowest BCUT2D eigenvalue weighted by Gasteiger charge is -2.36. The molecule has 116 valence electrons. The maximum Gasteiger partial charge on any atom is 0.338 e. The number of hydrogen-bond acceptors (Lipinski definition) is 5. The van der Waals surface area contributed by atoms with E-state index >= 15 is 0 Å². The Hall–Kier alpha value is -1.82. The average molecular weight is 295 g/mol. The standard InChI is InChI=1S/C15H21NO5/c1-4-20-14(18)15(19)5-7-16(8-6-15)13(17)12-9-10(2)21-11(12)3/h9,19H,4-8H2,1-3H3. The molecule has 1 aliphatic heterocycles. The molecule has 0 radical (unpaired) electrons. The molecule has 0 aliphatic carbocycles. The molecule has 1 aliphatic rings. The van der Waals surface area contributed by atoms with Crippen LogP contribution in [0.2, 0.25) is 0 Å². The summed E-state index contributed by atoms with van der Waals surface area (Å²) in [5, 5.41) is 10.3. The van der Waals surface area contributed by atoms with Crippen molar-refractivity contribution >= 4 is 11.9 Å². The minimum Gasteiger partial charge on any atom is -0.466 e.